The van der Waals surface area contributed by atoms with Gasteiger partial charge < -0.3 is 25.4 Å². The normalized spacial score (nSPS) is 13.2. The molecule has 3 amide bonds. The number of hydrogen-bond acceptors (Lipinski definition) is 5. The molecule has 0 saturated heterocycles. The predicted octanol–water partition coefficient (Wildman–Crippen LogP) is 3.10. The minimum atomic E-state index is -0.543. The smallest absolute Gasteiger partial charge is 0.322 e. The molecule has 2 aromatic carbocycles. The van der Waals surface area contributed by atoms with Crippen molar-refractivity contribution in [1.82, 2.24) is 15.2 Å². The van der Waals surface area contributed by atoms with Crippen LogP contribution in [0.3, 0.4) is 0 Å². The summed E-state index contributed by atoms with van der Waals surface area (Å²) in [5.74, 6) is 0.379. The fraction of sp³-hybridized carbons (Fsp3) is 0.208. The van der Waals surface area contributed by atoms with E-state index in [0.717, 1.165) is 16.7 Å². The molecule has 0 radical (unpaired) electrons. The second-order valence-corrected chi connectivity index (χ2v) is 7.49. The number of hydrogen-bond donors (Lipinski definition) is 3. The average Bonchev–Trinajstić information content (AvgIpc) is 3.27. The van der Waals surface area contributed by atoms with E-state index in [1.54, 1.807) is 72.9 Å². The van der Waals surface area contributed by atoms with Crippen LogP contribution in [0.5, 0.6) is 5.75 Å². The Bertz CT molecular complexity index is 1070. The van der Waals surface area contributed by atoms with Gasteiger partial charge in [-0.3, -0.25) is 9.78 Å². The van der Waals surface area contributed by atoms with Crippen LogP contribution >= 0.6 is 0 Å². The van der Waals surface area contributed by atoms with Crippen molar-refractivity contribution < 1.29 is 19.4 Å². The van der Waals surface area contributed by atoms with Crippen molar-refractivity contribution in [2.24, 2.45) is 0 Å². The Hall–Kier alpha value is -3.91. The number of amides is 3. The quantitative estimate of drug-likeness (QED) is 0.555. The van der Waals surface area contributed by atoms with Crippen molar-refractivity contribution in [2.45, 2.75) is 19.1 Å². The van der Waals surface area contributed by atoms with Gasteiger partial charge in [-0.1, -0.05) is 12.1 Å². The van der Waals surface area contributed by atoms with Crippen LogP contribution in [-0.2, 0) is 13.1 Å². The third-order valence-electron chi connectivity index (χ3n) is 5.42. The molecule has 8 nitrogen and oxygen atoms in total. The number of urea groups is 1. The molecule has 0 aliphatic carbocycles. The van der Waals surface area contributed by atoms with Gasteiger partial charge in [0, 0.05) is 36.7 Å². The number of methoxy groups -OCH3 is 1. The Morgan fingerprint density at radius 3 is 2.44 bits per heavy atom. The number of pyridine rings is 1. The van der Waals surface area contributed by atoms with Gasteiger partial charge in [-0.25, -0.2) is 4.79 Å². The van der Waals surface area contributed by atoms with Gasteiger partial charge in [0.15, 0.2) is 0 Å². The monoisotopic (exact) mass is 432 g/mol. The first kappa shape index (κ1) is 21.3. The number of fused-ring (bicyclic) bond motifs is 1. The number of carbonyl (C=O) groups is 2. The highest BCUT2D eigenvalue weighted by Crippen LogP contribution is 2.23. The fourth-order valence-electron chi connectivity index (χ4n) is 3.58. The number of nitrogens with one attached hydrogen (secondary N) is 2. The summed E-state index contributed by atoms with van der Waals surface area (Å²) < 4.78 is 5.13. The number of rotatable bonds is 6. The minimum Gasteiger partial charge on any atom is -0.497 e. The summed E-state index contributed by atoms with van der Waals surface area (Å²) in [5.41, 5.74) is 3.93. The van der Waals surface area contributed by atoms with E-state index in [-0.39, 0.29) is 18.5 Å². The van der Waals surface area contributed by atoms with E-state index in [0.29, 0.717) is 30.1 Å². The maximum Gasteiger partial charge on any atom is 0.322 e. The Kier molecular flexibility index (Phi) is 6.32. The Balaban J connectivity index is 1.35. The molecule has 0 bridgehead atoms. The van der Waals surface area contributed by atoms with Gasteiger partial charge in [0.2, 0.25) is 0 Å². The summed E-state index contributed by atoms with van der Waals surface area (Å²) in [6, 6.07) is 14.9. The Labute approximate surface area is 185 Å². The molecular weight excluding hydrogens is 408 g/mol. The van der Waals surface area contributed by atoms with Gasteiger partial charge in [-0.2, -0.15) is 0 Å². The van der Waals surface area contributed by atoms with Crippen molar-refractivity contribution in [3.63, 3.8) is 0 Å². The highest BCUT2D eigenvalue weighted by Gasteiger charge is 2.23. The van der Waals surface area contributed by atoms with E-state index in [2.05, 4.69) is 15.6 Å². The van der Waals surface area contributed by atoms with E-state index in [1.807, 2.05) is 6.07 Å². The number of anilines is 1. The summed E-state index contributed by atoms with van der Waals surface area (Å²) in [5, 5.41) is 15.4. The number of aliphatic hydroxyl groups is 1. The number of nitrogens with zero attached hydrogens (tertiary/aromatic N) is 2. The number of benzene rings is 2. The topological polar surface area (TPSA) is 104 Å². The molecule has 164 valence electrons. The summed E-state index contributed by atoms with van der Waals surface area (Å²) in [6.07, 6.45) is 3.50. The van der Waals surface area contributed by atoms with Gasteiger partial charge in [0.05, 0.1) is 19.8 Å². The molecule has 0 fully saturated rings. The molecule has 0 saturated carbocycles. The van der Waals surface area contributed by atoms with E-state index in [1.165, 1.54) is 0 Å². The Morgan fingerprint density at radius 2 is 1.78 bits per heavy atom. The molecule has 8 heteroatoms. The zero-order valence-corrected chi connectivity index (χ0v) is 17.6. The van der Waals surface area contributed by atoms with E-state index < -0.39 is 6.04 Å². The van der Waals surface area contributed by atoms with Crippen molar-refractivity contribution in [3.05, 3.63) is 89.2 Å². The van der Waals surface area contributed by atoms with Gasteiger partial charge in [-0.15, -0.1) is 0 Å². The van der Waals surface area contributed by atoms with Crippen molar-refractivity contribution in [1.29, 1.82) is 0 Å². The minimum absolute atomic E-state index is 0.210. The van der Waals surface area contributed by atoms with Crippen LogP contribution in [0.15, 0.2) is 67.0 Å². The van der Waals surface area contributed by atoms with Gasteiger partial charge in [-0.05, 0) is 59.2 Å². The maximum absolute atomic E-state index is 12.6. The summed E-state index contributed by atoms with van der Waals surface area (Å²) in [6.45, 7) is 0.821. The van der Waals surface area contributed by atoms with Crippen LogP contribution < -0.4 is 15.4 Å². The molecule has 0 unspecified atom stereocenters. The molecular formula is C24H24N4O4. The second-order valence-electron chi connectivity index (χ2n) is 7.49. The number of carbonyl (C=O) groups excluding carboxylic acids is 2. The number of aromatic nitrogens is 1. The van der Waals surface area contributed by atoms with Crippen LogP contribution in [0, 0.1) is 0 Å². The molecule has 4 rings (SSSR count). The molecule has 1 aliphatic rings. The summed E-state index contributed by atoms with van der Waals surface area (Å²) in [7, 11) is 1.58. The zero-order chi connectivity index (χ0) is 22.5. The molecule has 1 atom stereocenters. The van der Waals surface area contributed by atoms with E-state index in [9.17, 15) is 14.7 Å². The molecule has 2 heterocycles. The van der Waals surface area contributed by atoms with Crippen molar-refractivity contribution in [3.8, 4) is 5.75 Å². The van der Waals surface area contributed by atoms with Gasteiger partial charge in [0.1, 0.15) is 5.75 Å². The third kappa shape index (κ3) is 4.70. The molecule has 3 aromatic rings. The van der Waals surface area contributed by atoms with Gasteiger partial charge >= 0.3 is 6.03 Å². The highest BCUT2D eigenvalue weighted by atomic mass is 16.5. The van der Waals surface area contributed by atoms with Crippen molar-refractivity contribution in [2.75, 3.05) is 19.0 Å². The lowest BCUT2D eigenvalue weighted by atomic mass is 10.1. The fourth-order valence-corrected chi connectivity index (χ4v) is 3.58. The highest BCUT2D eigenvalue weighted by molar-refractivity contribution is 5.95. The van der Waals surface area contributed by atoms with Crippen LogP contribution in [0.4, 0.5) is 10.5 Å². The predicted molar refractivity (Wildman–Crippen MR) is 119 cm³/mol. The largest absolute Gasteiger partial charge is 0.497 e. The van der Waals surface area contributed by atoms with Crippen LogP contribution in [-0.4, -0.2) is 40.6 Å². The van der Waals surface area contributed by atoms with E-state index in [4.69, 9.17) is 4.74 Å². The van der Waals surface area contributed by atoms with Crippen LogP contribution in [0.1, 0.15) is 33.1 Å². The Morgan fingerprint density at radius 1 is 1.06 bits per heavy atom. The first-order chi connectivity index (χ1) is 15.6. The lowest BCUT2D eigenvalue weighted by molar-refractivity contribution is 0.0916. The van der Waals surface area contributed by atoms with Crippen LogP contribution in [0.2, 0.25) is 0 Å². The first-order valence-electron chi connectivity index (χ1n) is 10.2. The molecule has 1 aliphatic heterocycles. The van der Waals surface area contributed by atoms with Crippen LogP contribution in [0.25, 0.3) is 0 Å². The first-order valence-corrected chi connectivity index (χ1v) is 10.2. The second kappa shape index (κ2) is 9.49. The lowest BCUT2D eigenvalue weighted by Crippen LogP contribution is -2.31. The molecule has 32 heavy (non-hydrogen) atoms. The number of aliphatic hydroxyl groups excluding tert-OH is 1. The SMILES string of the molecule is COc1ccc([C@@H](CO)NC(=O)c2ccc(NC(=O)N3Cc4ccncc4C3)cc2)cc1. The third-order valence-corrected chi connectivity index (χ3v) is 5.42. The summed E-state index contributed by atoms with van der Waals surface area (Å²) >= 11 is 0. The molecule has 0 spiro atoms. The standard InChI is InChI=1S/C24H24N4O4/c1-32-21-8-4-16(5-9-21)22(15-29)27-23(30)17-2-6-20(7-3-17)26-24(31)28-13-18-10-11-25-12-19(18)14-28/h2-12,22,29H,13-15H2,1H3,(H,26,31)(H,27,30)/t22-/m1/s1. The van der Waals surface area contributed by atoms with Gasteiger partial charge in [0.25, 0.3) is 5.91 Å². The molecule has 3 N–H and O–H groups in total. The van der Waals surface area contributed by atoms with E-state index >= 15 is 0 Å². The lowest BCUT2D eigenvalue weighted by Gasteiger charge is -2.18. The average molecular weight is 432 g/mol. The zero-order valence-electron chi connectivity index (χ0n) is 17.6. The molecule has 1 aromatic heterocycles. The maximum atomic E-state index is 12.6. The number of ether oxygens (including phenoxy) is 1. The van der Waals surface area contributed by atoms with Crippen molar-refractivity contribution >= 4 is 17.6 Å². The summed E-state index contributed by atoms with van der Waals surface area (Å²) in [4.78, 5) is 31.0.